The maximum absolute atomic E-state index is 13.8. The minimum Gasteiger partial charge on any atom is -0.456 e. The van der Waals surface area contributed by atoms with Gasteiger partial charge in [-0.2, -0.15) is 0 Å². The van der Waals surface area contributed by atoms with Crippen LogP contribution in [0.3, 0.4) is 0 Å². The molecule has 4 rings (SSSR count). The van der Waals surface area contributed by atoms with Crippen LogP contribution in [0.15, 0.2) is 70.5 Å². The van der Waals surface area contributed by atoms with Crippen LogP contribution in [0.5, 0.6) is 0 Å². The molecule has 0 aliphatic heterocycles. The van der Waals surface area contributed by atoms with Crippen molar-refractivity contribution in [2.24, 2.45) is 0 Å². The molecule has 11 heteroatoms. The van der Waals surface area contributed by atoms with Crippen molar-refractivity contribution < 1.29 is 43.0 Å². The van der Waals surface area contributed by atoms with Gasteiger partial charge in [-0.05, 0) is 53.7 Å². The first kappa shape index (κ1) is 30.6. The lowest BCUT2D eigenvalue weighted by molar-refractivity contribution is -0.141. The number of Topliss-reactive ketones (excluding diaryl/α,β-unsaturated/α-hetero) is 4. The van der Waals surface area contributed by atoms with Crippen LogP contribution in [-0.2, 0) is 37.0 Å². The molecule has 0 saturated carbocycles. The minimum atomic E-state index is -0.775. The maximum atomic E-state index is 13.8. The molecule has 0 atom stereocenters. The van der Waals surface area contributed by atoms with E-state index >= 15 is 0 Å². The Bertz CT molecular complexity index is 1630. The average molecular weight is 585 g/mol. The molecule has 2 aliphatic carbocycles. The highest BCUT2D eigenvalue weighted by Crippen LogP contribution is 2.34. The van der Waals surface area contributed by atoms with Gasteiger partial charge < -0.3 is 14.2 Å². The van der Waals surface area contributed by atoms with Crippen molar-refractivity contribution in [2.75, 3.05) is 0 Å². The van der Waals surface area contributed by atoms with Crippen LogP contribution in [-0.4, -0.2) is 45.0 Å². The van der Waals surface area contributed by atoms with Crippen molar-refractivity contribution in [3.8, 4) is 0 Å². The number of ketones is 4. The Morgan fingerprint density at radius 2 is 1.05 bits per heavy atom. The van der Waals surface area contributed by atoms with E-state index in [2.05, 4.69) is 9.97 Å². The summed E-state index contributed by atoms with van der Waals surface area (Å²) in [6, 6.07) is 2.73. The number of carbonyl (C=O) groups is 6. The van der Waals surface area contributed by atoms with Gasteiger partial charge in [-0.15, -0.1) is 0 Å². The second-order valence-electron chi connectivity index (χ2n) is 9.78. The second-order valence-corrected chi connectivity index (χ2v) is 9.78. The zero-order valence-corrected chi connectivity index (χ0v) is 24.4. The van der Waals surface area contributed by atoms with E-state index in [1.165, 1.54) is 38.4 Å². The number of allylic oxidation sites excluding steroid dienone is 6. The third kappa shape index (κ3) is 5.61. The van der Waals surface area contributed by atoms with Crippen molar-refractivity contribution in [1.29, 1.82) is 0 Å². The number of rotatable bonds is 8. The average Bonchev–Trinajstić information content (AvgIpc) is 3.02. The number of esters is 2. The lowest BCUT2D eigenvalue weighted by atomic mass is 9.86. The molecule has 2 aromatic heterocycles. The molecule has 0 unspecified atom stereocenters. The number of pyridine rings is 2. The zero-order valence-electron chi connectivity index (χ0n) is 24.4. The van der Waals surface area contributed by atoms with Gasteiger partial charge >= 0.3 is 11.9 Å². The van der Waals surface area contributed by atoms with Gasteiger partial charge in [-0.25, -0.2) is 9.59 Å². The van der Waals surface area contributed by atoms with E-state index in [1.54, 1.807) is 39.8 Å². The normalized spacial score (nSPS) is 15.4. The van der Waals surface area contributed by atoms with Crippen LogP contribution < -0.4 is 0 Å². The van der Waals surface area contributed by atoms with Crippen LogP contribution in [0.25, 0.3) is 0 Å². The molecule has 220 valence electrons. The van der Waals surface area contributed by atoms with Crippen molar-refractivity contribution in [1.82, 2.24) is 9.97 Å². The van der Waals surface area contributed by atoms with E-state index in [9.17, 15) is 28.8 Å². The molecule has 0 spiro atoms. The van der Waals surface area contributed by atoms with Gasteiger partial charge in [-0.3, -0.25) is 29.1 Å². The van der Waals surface area contributed by atoms with E-state index in [0.717, 1.165) is 0 Å². The topological polar surface area (TPSA) is 156 Å². The van der Waals surface area contributed by atoms with Crippen LogP contribution in [0.1, 0.15) is 94.4 Å². The summed E-state index contributed by atoms with van der Waals surface area (Å²) in [4.78, 5) is 86.8. The van der Waals surface area contributed by atoms with Crippen LogP contribution >= 0.6 is 0 Å². The molecular formula is C32H28N2O9. The second kappa shape index (κ2) is 12.3. The Morgan fingerprint density at radius 3 is 1.40 bits per heavy atom. The molecule has 2 heterocycles. The number of hydrogen-bond acceptors (Lipinski definition) is 11. The molecule has 0 radical (unpaired) electrons. The lowest BCUT2D eigenvalue weighted by Gasteiger charge is -2.25. The Balaban J connectivity index is 1.70. The van der Waals surface area contributed by atoms with E-state index in [-0.39, 0.29) is 44.8 Å². The molecule has 0 amide bonds. The fraction of sp³-hybridized carbons (Fsp3) is 0.250. The highest BCUT2D eigenvalue weighted by atomic mass is 16.5. The number of carbonyl (C=O) groups excluding carboxylic acids is 6. The Kier molecular flexibility index (Phi) is 8.74. The van der Waals surface area contributed by atoms with Crippen molar-refractivity contribution >= 4 is 35.1 Å². The van der Waals surface area contributed by atoms with E-state index in [4.69, 9.17) is 14.2 Å². The van der Waals surface area contributed by atoms with Crippen molar-refractivity contribution in [2.45, 2.75) is 54.8 Å². The lowest BCUT2D eigenvalue weighted by Crippen LogP contribution is -2.29. The molecule has 2 aromatic rings. The van der Waals surface area contributed by atoms with E-state index in [0.29, 0.717) is 11.1 Å². The standard InChI is InChI=1S/C32H28N2O9/c1-7-15(3)31(39)41-13-21-23-19(9-11-33-21)25(35)17(5)29(27(23)37)43-30-18(6)26(36)20-10-12-34-22(24(20)28(30)38)14-42-32(40)16(4)8-2/h7-12H,13-14H2,1-6H3. The predicted molar refractivity (Wildman–Crippen MR) is 151 cm³/mol. The Labute approximate surface area is 246 Å². The quantitative estimate of drug-likeness (QED) is 0.317. The van der Waals surface area contributed by atoms with Crippen molar-refractivity contribution in [3.05, 3.63) is 104 Å². The van der Waals surface area contributed by atoms with E-state index < -0.39 is 59.8 Å². The molecule has 0 N–H and O–H groups in total. The first-order valence-corrected chi connectivity index (χ1v) is 13.3. The fourth-order valence-corrected chi connectivity index (χ4v) is 4.37. The minimum absolute atomic E-state index is 0.0218. The molecule has 0 aromatic carbocycles. The summed E-state index contributed by atoms with van der Waals surface area (Å²) in [5.41, 5.74) is 0.334. The maximum Gasteiger partial charge on any atom is 0.333 e. The van der Waals surface area contributed by atoms with E-state index in [1.807, 2.05) is 0 Å². The van der Waals surface area contributed by atoms with Crippen LogP contribution in [0, 0.1) is 0 Å². The molecule has 11 nitrogen and oxygen atoms in total. The van der Waals surface area contributed by atoms with Crippen LogP contribution in [0.2, 0.25) is 0 Å². The molecule has 43 heavy (non-hydrogen) atoms. The molecular weight excluding hydrogens is 556 g/mol. The number of nitrogens with zero attached hydrogens (tertiary/aromatic N) is 2. The number of ether oxygens (including phenoxy) is 3. The molecule has 0 bridgehead atoms. The summed E-state index contributed by atoms with van der Waals surface area (Å²) >= 11 is 0. The van der Waals surface area contributed by atoms with Crippen LogP contribution in [0.4, 0.5) is 0 Å². The number of fused-ring (bicyclic) bond motifs is 2. The SMILES string of the molecule is CC=C(C)C(=O)OCc1nccc2c1C(=O)C(OC1=C(C)C(=O)c3ccnc(COC(=O)C(C)=CC)c3C1=O)=C(C)C2=O. The van der Waals surface area contributed by atoms with Gasteiger partial charge in [-0.1, -0.05) is 12.2 Å². The highest BCUT2D eigenvalue weighted by Gasteiger charge is 2.39. The van der Waals surface area contributed by atoms with Gasteiger partial charge in [0.1, 0.15) is 13.2 Å². The fourth-order valence-electron chi connectivity index (χ4n) is 4.37. The van der Waals surface area contributed by atoms with Gasteiger partial charge in [0.2, 0.25) is 11.6 Å². The number of aromatic nitrogens is 2. The van der Waals surface area contributed by atoms with Gasteiger partial charge in [0.15, 0.2) is 23.1 Å². The van der Waals surface area contributed by atoms with Gasteiger partial charge in [0.25, 0.3) is 0 Å². The first-order valence-electron chi connectivity index (χ1n) is 13.3. The zero-order chi connectivity index (χ0) is 31.6. The molecule has 0 saturated heterocycles. The predicted octanol–water partition coefficient (Wildman–Crippen LogP) is 4.52. The largest absolute Gasteiger partial charge is 0.456 e. The highest BCUT2D eigenvalue weighted by molar-refractivity contribution is 6.28. The third-order valence-electron chi connectivity index (χ3n) is 7.17. The summed E-state index contributed by atoms with van der Waals surface area (Å²) < 4.78 is 16.4. The van der Waals surface area contributed by atoms with Crippen molar-refractivity contribution in [3.63, 3.8) is 0 Å². The summed E-state index contributed by atoms with van der Waals surface area (Å²) in [6.07, 6.45) is 5.77. The summed E-state index contributed by atoms with van der Waals surface area (Å²) in [7, 11) is 0. The van der Waals surface area contributed by atoms with Gasteiger partial charge in [0.05, 0.1) is 22.5 Å². The first-order chi connectivity index (χ1) is 20.4. The summed E-state index contributed by atoms with van der Waals surface area (Å²) in [6.45, 7) is 8.40. The molecule has 2 aliphatic rings. The third-order valence-corrected chi connectivity index (χ3v) is 7.17. The molecule has 0 fully saturated rings. The summed E-state index contributed by atoms with van der Waals surface area (Å²) in [5, 5.41) is 0. The Hall–Kier alpha value is -5.32. The smallest absolute Gasteiger partial charge is 0.333 e. The van der Waals surface area contributed by atoms with Gasteiger partial charge in [0, 0.05) is 45.8 Å². The number of hydrogen-bond donors (Lipinski definition) is 0. The monoisotopic (exact) mass is 584 g/mol. The summed E-state index contributed by atoms with van der Waals surface area (Å²) in [5.74, 6) is -4.87. The Morgan fingerprint density at radius 1 is 0.674 bits per heavy atom.